The summed E-state index contributed by atoms with van der Waals surface area (Å²) < 4.78 is 0.866. The quantitative estimate of drug-likeness (QED) is 0.186. The number of halogens is 1. The average molecular weight is 1420 g/mol. The van der Waals surface area contributed by atoms with Gasteiger partial charge in [0.05, 0.1) is 26.1 Å². The van der Waals surface area contributed by atoms with Crippen molar-refractivity contribution in [2.75, 3.05) is 82.1 Å². The average Bonchev–Trinajstić information content (AvgIpc) is 0.961. The summed E-state index contributed by atoms with van der Waals surface area (Å²) in [6.07, 6.45) is 8.56. The van der Waals surface area contributed by atoms with E-state index < -0.39 is 151 Å². The first-order valence-electron chi connectivity index (χ1n) is 33.7. The molecule has 3 aliphatic rings. The molecule has 0 unspecified atom stereocenters. The Kier molecular flexibility index (Phi) is 31.5. The highest BCUT2D eigenvalue weighted by atomic mass is 127. The van der Waals surface area contributed by atoms with E-state index >= 15 is 4.79 Å². The van der Waals surface area contributed by atoms with Gasteiger partial charge < -0.3 is 60.5 Å². The van der Waals surface area contributed by atoms with Crippen LogP contribution in [0.15, 0.2) is 24.3 Å². The third kappa shape index (κ3) is 22.9. The number of benzene rings is 1. The third-order valence-corrected chi connectivity index (χ3v) is 19.6. The fraction of sp³-hybridized carbons (Fsp3) is 0.735. The Hall–Kier alpha value is -6.41. The summed E-state index contributed by atoms with van der Waals surface area (Å²) in [5, 5.41) is 11.5. The molecule has 3 fully saturated rings. The van der Waals surface area contributed by atoms with Crippen LogP contribution >= 0.6 is 22.6 Å². The Balaban J connectivity index is 1.87. The van der Waals surface area contributed by atoms with E-state index in [0.717, 1.165) is 47.0 Å². The standard InChI is InChI=1S/C68H111IN12O12/c1-17-19-31-49-63(89)80(16)68(8,9)67(93)72-51(34-43(3)4)62(88)79(15)54(65(91)81-32-24-21-25-33-81)39-56(83)77(13)52(35-44(5)6)61(87)73-59(45(7)18-2)66(92)76(12)41-57(84)74(10)42-58(85)78(14)53(38-46-27-22-20-23-28-46)64(90)75(11)40-55(82)70-50(60(86)71-49)37-47-29-26-30-48(69)36-47/h26,29-30,36,43-46,49-54,59H,17-25,27-28,31-35,37-42H2,1-16H3,(H,70,82)(H,71,86)(H,72,93)(H,73,87)/t45-,49-,50-,51-,52-,53-,54-,59-/m0/s1. The lowest BCUT2D eigenvalue weighted by Gasteiger charge is -2.39. The number of amides is 12. The summed E-state index contributed by atoms with van der Waals surface area (Å²) >= 11 is 2.15. The molecule has 0 bridgehead atoms. The summed E-state index contributed by atoms with van der Waals surface area (Å²) in [5.74, 6) is -8.25. The second-order valence-corrected chi connectivity index (χ2v) is 29.0. The summed E-state index contributed by atoms with van der Waals surface area (Å²) in [6.45, 7) is 15.4. The van der Waals surface area contributed by atoms with Crippen molar-refractivity contribution in [3.63, 3.8) is 0 Å². The zero-order valence-electron chi connectivity index (χ0n) is 58.6. The third-order valence-electron chi connectivity index (χ3n) is 19.0. The summed E-state index contributed by atoms with van der Waals surface area (Å²) in [7, 11) is 10.0. The minimum atomic E-state index is -1.68. The van der Waals surface area contributed by atoms with Crippen LogP contribution in [0.4, 0.5) is 0 Å². The number of rotatable bonds is 14. The van der Waals surface area contributed by atoms with Gasteiger partial charge in [0.15, 0.2) is 0 Å². The van der Waals surface area contributed by atoms with Crippen molar-refractivity contribution in [2.24, 2.45) is 23.7 Å². The number of likely N-dealkylation sites (N-methyl/N-ethyl adjacent to an activating group) is 7. The first-order valence-corrected chi connectivity index (χ1v) is 34.8. The van der Waals surface area contributed by atoms with Crippen molar-refractivity contribution in [1.82, 2.24) is 60.5 Å². The van der Waals surface area contributed by atoms with Crippen molar-refractivity contribution in [2.45, 2.75) is 219 Å². The van der Waals surface area contributed by atoms with Crippen LogP contribution < -0.4 is 21.3 Å². The van der Waals surface area contributed by atoms with Gasteiger partial charge in [-0.1, -0.05) is 112 Å². The second kappa shape index (κ2) is 37.0. The molecule has 93 heavy (non-hydrogen) atoms. The smallest absolute Gasteiger partial charge is 0.246 e. The summed E-state index contributed by atoms with van der Waals surface area (Å²) in [6, 6.07) is -1.15. The lowest BCUT2D eigenvalue weighted by Crippen LogP contribution is -2.63. The Morgan fingerprint density at radius 1 is 0.602 bits per heavy atom. The van der Waals surface area contributed by atoms with E-state index in [9.17, 15) is 52.7 Å². The van der Waals surface area contributed by atoms with Gasteiger partial charge in [-0.25, -0.2) is 0 Å². The number of unbranched alkanes of at least 4 members (excludes halogenated alkanes) is 1. The minimum Gasteiger partial charge on any atom is -0.343 e. The van der Waals surface area contributed by atoms with Gasteiger partial charge in [0.2, 0.25) is 70.9 Å². The van der Waals surface area contributed by atoms with Gasteiger partial charge in [-0.05, 0) is 123 Å². The first-order chi connectivity index (χ1) is 43.6. The van der Waals surface area contributed by atoms with Crippen LogP contribution in [-0.2, 0) is 64.0 Å². The van der Waals surface area contributed by atoms with E-state index in [1.54, 1.807) is 17.9 Å². The lowest BCUT2D eigenvalue weighted by molar-refractivity contribution is -0.152. The fourth-order valence-corrected chi connectivity index (χ4v) is 12.9. The molecule has 2 heterocycles. The molecule has 12 amide bonds. The highest BCUT2D eigenvalue weighted by Crippen LogP contribution is 2.30. The molecule has 0 spiro atoms. The molecule has 1 saturated carbocycles. The highest BCUT2D eigenvalue weighted by molar-refractivity contribution is 14.1. The Morgan fingerprint density at radius 2 is 1.19 bits per heavy atom. The topological polar surface area (TPSA) is 279 Å². The molecule has 0 radical (unpaired) electrons. The molecule has 522 valence electrons. The van der Waals surface area contributed by atoms with E-state index in [2.05, 4.69) is 43.9 Å². The molecule has 24 nitrogen and oxygen atoms in total. The van der Waals surface area contributed by atoms with Gasteiger partial charge in [0.25, 0.3) is 0 Å². The van der Waals surface area contributed by atoms with Crippen LogP contribution in [0.25, 0.3) is 0 Å². The van der Waals surface area contributed by atoms with Crippen LogP contribution in [-0.4, -0.2) is 240 Å². The maximum atomic E-state index is 15.1. The number of nitrogens with one attached hydrogen (secondary N) is 4. The van der Waals surface area contributed by atoms with Gasteiger partial charge in [-0.3, -0.25) is 57.5 Å². The van der Waals surface area contributed by atoms with E-state index in [1.165, 1.54) is 92.6 Å². The van der Waals surface area contributed by atoms with Gasteiger partial charge in [0.1, 0.15) is 47.8 Å². The highest BCUT2D eigenvalue weighted by Gasteiger charge is 2.44. The number of nitrogens with zero attached hydrogens (tertiary/aromatic N) is 8. The number of likely N-dealkylation sites (tertiary alicyclic amines) is 1. The fourth-order valence-electron chi connectivity index (χ4n) is 12.3. The summed E-state index contributed by atoms with van der Waals surface area (Å²) in [4.78, 5) is 186. The molecule has 25 heteroatoms. The van der Waals surface area contributed by atoms with Gasteiger partial charge in [0, 0.05) is 72.4 Å². The zero-order chi connectivity index (χ0) is 69.8. The number of piperidine rings is 1. The largest absolute Gasteiger partial charge is 0.343 e. The normalized spacial score (nSPS) is 25.3. The van der Waals surface area contributed by atoms with Crippen LogP contribution in [0.1, 0.15) is 171 Å². The number of hydrogen-bond acceptors (Lipinski definition) is 12. The maximum absolute atomic E-state index is 15.1. The molecule has 2 aliphatic heterocycles. The molecule has 8 atom stereocenters. The van der Waals surface area contributed by atoms with Crippen molar-refractivity contribution in [3.8, 4) is 0 Å². The number of hydrogen-bond donors (Lipinski definition) is 4. The number of carbonyl (C=O) groups is 12. The van der Waals surface area contributed by atoms with Crippen LogP contribution in [0.2, 0.25) is 0 Å². The van der Waals surface area contributed by atoms with Gasteiger partial charge >= 0.3 is 0 Å². The van der Waals surface area contributed by atoms with E-state index in [1.807, 2.05) is 59.7 Å². The molecule has 4 rings (SSSR count). The molecule has 1 aliphatic carbocycles. The minimum absolute atomic E-state index is 0.00897. The molecule has 2 saturated heterocycles. The molecule has 0 aromatic heterocycles. The molecular weight excluding hydrogens is 1300 g/mol. The van der Waals surface area contributed by atoms with Crippen molar-refractivity contribution in [1.29, 1.82) is 0 Å². The number of carbonyl (C=O) groups excluding carboxylic acids is 12. The maximum Gasteiger partial charge on any atom is 0.246 e. The van der Waals surface area contributed by atoms with Crippen molar-refractivity contribution < 1.29 is 57.5 Å². The Bertz CT molecular complexity index is 2770. The second-order valence-electron chi connectivity index (χ2n) is 27.7. The lowest BCUT2D eigenvalue weighted by atomic mass is 9.84. The van der Waals surface area contributed by atoms with Gasteiger partial charge in [-0.15, -0.1) is 0 Å². The zero-order valence-corrected chi connectivity index (χ0v) is 60.7. The van der Waals surface area contributed by atoms with E-state index in [4.69, 9.17) is 0 Å². The predicted octanol–water partition coefficient (Wildman–Crippen LogP) is 4.58. The molecule has 4 N–H and O–H groups in total. The van der Waals surface area contributed by atoms with Crippen LogP contribution in [0.3, 0.4) is 0 Å². The van der Waals surface area contributed by atoms with Crippen LogP contribution in [0.5, 0.6) is 0 Å². The summed E-state index contributed by atoms with van der Waals surface area (Å²) in [5.41, 5.74) is -0.983. The Morgan fingerprint density at radius 3 is 1.78 bits per heavy atom. The monoisotopic (exact) mass is 1410 g/mol. The molecule has 1 aromatic carbocycles. The first kappa shape index (κ1) is 79.0. The van der Waals surface area contributed by atoms with Crippen molar-refractivity contribution in [3.05, 3.63) is 33.4 Å². The molecular formula is C68H111IN12O12. The van der Waals surface area contributed by atoms with Crippen LogP contribution in [0, 0.1) is 27.2 Å². The van der Waals surface area contributed by atoms with Crippen molar-refractivity contribution >= 4 is 93.5 Å². The SMILES string of the molecule is CCCC[C@@H]1NC(=O)[C@H](Cc2cccc(I)c2)NC(=O)CN(C)C(=O)[C@H](CC2CCCCC2)N(C)C(=O)CN(C)C(=O)CN(C)C(=O)[C@H]([C@@H](C)CC)NC(=O)[C@H](CC(C)C)N(C)C(=O)C[C@@H](C(=O)N2CCCCC2)N(C)C(=O)[C@H](CC(C)C)NC(=O)C(C)(C)N(C)C1=O. The van der Waals surface area contributed by atoms with E-state index in [0.29, 0.717) is 50.8 Å². The van der Waals surface area contributed by atoms with E-state index in [-0.39, 0.29) is 49.9 Å². The predicted molar refractivity (Wildman–Crippen MR) is 364 cm³/mol. The Labute approximate surface area is 567 Å². The molecule has 1 aromatic rings. The van der Waals surface area contributed by atoms with Gasteiger partial charge in [-0.2, -0.15) is 0 Å².